The van der Waals surface area contributed by atoms with Gasteiger partial charge in [0, 0.05) is 17.5 Å². The summed E-state index contributed by atoms with van der Waals surface area (Å²) in [6, 6.07) is 7.40. The van der Waals surface area contributed by atoms with E-state index in [1.165, 1.54) is 11.0 Å². The molecule has 0 bridgehead atoms. The molecule has 2 rings (SSSR count). The predicted octanol–water partition coefficient (Wildman–Crippen LogP) is 3.50. The Morgan fingerprint density at radius 2 is 1.78 bits per heavy atom. The van der Waals surface area contributed by atoms with Gasteiger partial charge in [-0.05, 0) is 35.6 Å². The summed E-state index contributed by atoms with van der Waals surface area (Å²) in [6.07, 6.45) is 2.01. The molecule has 0 aliphatic carbocycles. The van der Waals surface area contributed by atoms with Gasteiger partial charge in [-0.1, -0.05) is 39.8 Å². The molecular formula is C18H25NO3S. The lowest BCUT2D eigenvalue weighted by Gasteiger charge is -2.28. The summed E-state index contributed by atoms with van der Waals surface area (Å²) in [5, 5.41) is 1.22. The van der Waals surface area contributed by atoms with E-state index < -0.39 is 15.9 Å². The highest BCUT2D eigenvalue weighted by atomic mass is 32.2. The fraction of sp³-hybridized carbons (Fsp3) is 0.500. The summed E-state index contributed by atoms with van der Waals surface area (Å²) in [5.41, 5.74) is 1.95. The van der Waals surface area contributed by atoms with Crippen molar-refractivity contribution < 1.29 is 13.2 Å². The lowest BCUT2D eigenvalue weighted by molar-refractivity contribution is -0.119. The molecule has 0 spiro atoms. The fourth-order valence-corrected chi connectivity index (χ4v) is 3.98. The van der Waals surface area contributed by atoms with Crippen molar-refractivity contribution in [3.8, 4) is 0 Å². The molecule has 1 amide bonds. The minimum absolute atomic E-state index is 0.0379. The van der Waals surface area contributed by atoms with Crippen molar-refractivity contribution in [3.05, 3.63) is 41.3 Å². The molecule has 4 nitrogen and oxygen atoms in total. The molecule has 0 saturated carbocycles. The van der Waals surface area contributed by atoms with Gasteiger partial charge in [-0.25, -0.2) is 8.42 Å². The number of carbonyl (C=O) groups excluding carboxylic acids is 1. The van der Waals surface area contributed by atoms with E-state index in [0.717, 1.165) is 5.69 Å². The molecule has 1 aromatic rings. The van der Waals surface area contributed by atoms with Crippen LogP contribution < -0.4 is 4.90 Å². The van der Waals surface area contributed by atoms with Crippen molar-refractivity contribution in [3.63, 3.8) is 0 Å². The van der Waals surface area contributed by atoms with E-state index in [0.29, 0.717) is 12.3 Å². The van der Waals surface area contributed by atoms with E-state index in [1.54, 1.807) is 11.0 Å². The van der Waals surface area contributed by atoms with Gasteiger partial charge in [-0.2, -0.15) is 0 Å². The predicted molar refractivity (Wildman–Crippen MR) is 94.2 cm³/mol. The number of amides is 1. The Balaban J connectivity index is 2.33. The molecule has 1 aromatic carbocycles. The van der Waals surface area contributed by atoms with Crippen LogP contribution in [0.2, 0.25) is 0 Å². The largest absolute Gasteiger partial charge is 0.304 e. The zero-order valence-corrected chi connectivity index (χ0v) is 15.0. The minimum atomic E-state index is -3.21. The molecule has 0 saturated heterocycles. The van der Waals surface area contributed by atoms with Crippen LogP contribution in [0.15, 0.2) is 35.7 Å². The van der Waals surface area contributed by atoms with E-state index in [9.17, 15) is 13.2 Å². The van der Waals surface area contributed by atoms with Crippen molar-refractivity contribution in [1.29, 1.82) is 0 Å². The Labute approximate surface area is 139 Å². The second kappa shape index (κ2) is 6.87. The smallest absolute Gasteiger partial charge is 0.227 e. The number of rotatable bonds is 5. The molecule has 0 N–H and O–H groups in total. The molecule has 0 fully saturated rings. The van der Waals surface area contributed by atoms with Crippen molar-refractivity contribution in [1.82, 2.24) is 0 Å². The summed E-state index contributed by atoms with van der Waals surface area (Å²) in [7, 11) is -3.21. The van der Waals surface area contributed by atoms with Gasteiger partial charge < -0.3 is 4.90 Å². The third-order valence-corrected chi connectivity index (χ3v) is 5.31. The molecule has 5 heteroatoms. The first-order valence-corrected chi connectivity index (χ1v) is 9.74. The normalized spacial score (nSPS) is 19.5. The van der Waals surface area contributed by atoms with Crippen LogP contribution in [0.4, 0.5) is 5.69 Å². The monoisotopic (exact) mass is 335 g/mol. The maximum Gasteiger partial charge on any atom is 0.227 e. The number of hydrogen-bond acceptors (Lipinski definition) is 3. The Hall–Kier alpha value is -1.62. The highest BCUT2D eigenvalue weighted by Gasteiger charge is 2.31. The zero-order valence-electron chi connectivity index (χ0n) is 14.2. The molecule has 0 aromatic heterocycles. The summed E-state index contributed by atoms with van der Waals surface area (Å²) in [4.78, 5) is 14.3. The topological polar surface area (TPSA) is 54.5 Å². The average molecular weight is 335 g/mol. The number of hydrogen-bond donors (Lipinski definition) is 0. The van der Waals surface area contributed by atoms with Gasteiger partial charge in [0.1, 0.15) is 0 Å². The molecule has 1 aliphatic rings. The van der Waals surface area contributed by atoms with Gasteiger partial charge in [0.2, 0.25) is 5.91 Å². The standard InChI is InChI=1S/C18H25NO3S/c1-13(2)11-18(20)19(17-9-10-23(21,22)12-17)16-7-5-15(6-8-16)14(3)4/h5-10,13-14,17H,11-12H2,1-4H3/t17-/m0/s1. The first-order chi connectivity index (χ1) is 10.7. The third-order valence-electron chi connectivity index (χ3n) is 3.93. The highest BCUT2D eigenvalue weighted by Crippen LogP contribution is 2.26. The van der Waals surface area contributed by atoms with Crippen molar-refractivity contribution in [2.24, 2.45) is 5.92 Å². The SMILES string of the molecule is CC(C)CC(=O)N(c1ccc(C(C)C)cc1)[C@H]1C=CS(=O)(=O)C1. The van der Waals surface area contributed by atoms with Crippen LogP contribution in [0.25, 0.3) is 0 Å². The Bertz CT molecular complexity index is 687. The summed E-state index contributed by atoms with van der Waals surface area (Å²) in [5.74, 6) is 0.560. The van der Waals surface area contributed by atoms with Crippen LogP contribution >= 0.6 is 0 Å². The van der Waals surface area contributed by atoms with Crippen LogP contribution in [0.3, 0.4) is 0 Å². The molecule has 1 aliphatic heterocycles. The van der Waals surface area contributed by atoms with Gasteiger partial charge >= 0.3 is 0 Å². The van der Waals surface area contributed by atoms with Crippen molar-refractivity contribution in [2.75, 3.05) is 10.7 Å². The maximum atomic E-state index is 12.7. The first kappa shape index (κ1) is 17.7. The van der Waals surface area contributed by atoms with E-state index in [-0.39, 0.29) is 17.6 Å². The van der Waals surface area contributed by atoms with Crippen LogP contribution in [-0.4, -0.2) is 26.1 Å². The summed E-state index contributed by atoms with van der Waals surface area (Å²) in [6.45, 7) is 8.20. The molecule has 126 valence electrons. The van der Waals surface area contributed by atoms with Gasteiger partial charge in [0.15, 0.2) is 9.84 Å². The molecule has 23 heavy (non-hydrogen) atoms. The van der Waals surface area contributed by atoms with Crippen LogP contribution in [0.1, 0.15) is 45.6 Å². The Kier molecular flexibility index (Phi) is 5.30. The van der Waals surface area contributed by atoms with Gasteiger partial charge in [0.25, 0.3) is 0 Å². The van der Waals surface area contributed by atoms with E-state index in [1.807, 2.05) is 38.1 Å². The van der Waals surface area contributed by atoms with Crippen molar-refractivity contribution >= 4 is 21.4 Å². The second-order valence-corrected chi connectivity index (χ2v) is 8.76. The molecule has 0 unspecified atom stereocenters. The fourth-order valence-electron chi connectivity index (χ4n) is 2.71. The Morgan fingerprint density at radius 3 is 2.22 bits per heavy atom. The van der Waals surface area contributed by atoms with E-state index in [4.69, 9.17) is 0 Å². The van der Waals surface area contributed by atoms with Gasteiger partial charge in [-0.3, -0.25) is 4.79 Å². The van der Waals surface area contributed by atoms with Crippen LogP contribution in [-0.2, 0) is 14.6 Å². The number of anilines is 1. The van der Waals surface area contributed by atoms with Crippen LogP contribution in [0.5, 0.6) is 0 Å². The highest BCUT2D eigenvalue weighted by molar-refractivity contribution is 7.94. The zero-order chi connectivity index (χ0) is 17.2. The summed E-state index contributed by atoms with van der Waals surface area (Å²) < 4.78 is 23.5. The quantitative estimate of drug-likeness (QED) is 0.827. The Morgan fingerprint density at radius 1 is 1.17 bits per heavy atom. The number of sulfone groups is 1. The van der Waals surface area contributed by atoms with E-state index >= 15 is 0 Å². The lowest BCUT2D eigenvalue weighted by atomic mass is 10.0. The third kappa shape index (κ3) is 4.44. The molecule has 1 heterocycles. The van der Waals surface area contributed by atoms with Crippen LogP contribution in [0, 0.1) is 5.92 Å². The first-order valence-electron chi connectivity index (χ1n) is 8.02. The van der Waals surface area contributed by atoms with Gasteiger partial charge in [-0.15, -0.1) is 0 Å². The number of benzene rings is 1. The molecule has 0 radical (unpaired) electrons. The number of nitrogens with zero attached hydrogens (tertiary/aromatic N) is 1. The number of carbonyl (C=O) groups is 1. The van der Waals surface area contributed by atoms with Gasteiger partial charge in [0.05, 0.1) is 11.8 Å². The maximum absolute atomic E-state index is 12.7. The van der Waals surface area contributed by atoms with E-state index in [2.05, 4.69) is 13.8 Å². The second-order valence-electron chi connectivity index (χ2n) is 6.83. The van der Waals surface area contributed by atoms with Crippen molar-refractivity contribution in [2.45, 2.75) is 46.1 Å². The summed E-state index contributed by atoms with van der Waals surface area (Å²) >= 11 is 0. The molecule has 1 atom stereocenters. The average Bonchev–Trinajstić information content (AvgIpc) is 2.78. The lowest BCUT2D eigenvalue weighted by Crippen LogP contribution is -2.41. The minimum Gasteiger partial charge on any atom is -0.304 e. The molecular weight excluding hydrogens is 310 g/mol.